The fraction of sp³-hybridized carbons (Fsp3) is 0.118. The molecular weight excluding hydrogens is 312 g/mol. The number of carbonyl (C=O) groups is 1. The van der Waals surface area contributed by atoms with Gasteiger partial charge in [0.05, 0.1) is 10.6 Å². The van der Waals surface area contributed by atoms with E-state index in [2.05, 4.69) is 4.98 Å². The van der Waals surface area contributed by atoms with E-state index in [0.717, 1.165) is 11.1 Å². The minimum Gasteiger partial charge on any atom is -0.387 e. The number of benzene rings is 1. The molecule has 22 heavy (non-hydrogen) atoms. The molecule has 5 heteroatoms. The standard InChI is InChI=1S/C17H16N2OS2/c1-11(10-13-6-4-3-5-7-13)8-9-14(20)15-12(2)19-17(22-15)16(18)21/h3-10H,1-2H3,(H2,18,21)/b9-8+,11-10-. The Morgan fingerprint density at radius 1 is 1.27 bits per heavy atom. The summed E-state index contributed by atoms with van der Waals surface area (Å²) in [7, 11) is 0. The lowest BCUT2D eigenvalue weighted by molar-refractivity contribution is 0.104. The molecule has 3 nitrogen and oxygen atoms in total. The molecule has 1 heterocycles. The third-order valence-corrected chi connectivity index (χ3v) is 4.45. The van der Waals surface area contributed by atoms with Crippen LogP contribution in [0.5, 0.6) is 0 Å². The first-order chi connectivity index (χ1) is 10.5. The topological polar surface area (TPSA) is 56.0 Å². The van der Waals surface area contributed by atoms with Crippen LogP contribution in [0.3, 0.4) is 0 Å². The quantitative estimate of drug-likeness (QED) is 0.391. The summed E-state index contributed by atoms with van der Waals surface area (Å²) in [4.78, 5) is 17.2. The normalized spacial score (nSPS) is 11.8. The second-order valence-electron chi connectivity index (χ2n) is 4.79. The summed E-state index contributed by atoms with van der Waals surface area (Å²) >= 11 is 6.12. The lowest BCUT2D eigenvalue weighted by Crippen LogP contribution is -2.08. The van der Waals surface area contributed by atoms with E-state index >= 15 is 0 Å². The van der Waals surface area contributed by atoms with Gasteiger partial charge in [-0.1, -0.05) is 60.3 Å². The zero-order valence-electron chi connectivity index (χ0n) is 12.4. The summed E-state index contributed by atoms with van der Waals surface area (Å²) in [5.41, 5.74) is 8.30. The van der Waals surface area contributed by atoms with Crippen molar-refractivity contribution < 1.29 is 4.79 Å². The van der Waals surface area contributed by atoms with Gasteiger partial charge in [0.2, 0.25) is 0 Å². The van der Waals surface area contributed by atoms with Gasteiger partial charge in [0.1, 0.15) is 4.99 Å². The van der Waals surface area contributed by atoms with Crippen molar-refractivity contribution in [3.8, 4) is 0 Å². The molecule has 2 rings (SSSR count). The lowest BCUT2D eigenvalue weighted by atomic mass is 10.1. The number of aryl methyl sites for hydroxylation is 1. The molecule has 2 aromatic rings. The SMILES string of the molecule is CC(=C/c1ccccc1)/C=C/C(=O)c1sc(C(N)=S)nc1C. The van der Waals surface area contributed by atoms with Gasteiger partial charge in [0.25, 0.3) is 0 Å². The summed E-state index contributed by atoms with van der Waals surface area (Å²) in [5.74, 6) is -0.0849. The first kappa shape index (κ1) is 16.3. The summed E-state index contributed by atoms with van der Waals surface area (Å²) < 4.78 is 0. The van der Waals surface area contributed by atoms with E-state index in [0.29, 0.717) is 15.6 Å². The van der Waals surface area contributed by atoms with Gasteiger partial charge in [-0.15, -0.1) is 11.3 Å². The molecule has 1 aromatic carbocycles. The van der Waals surface area contributed by atoms with Gasteiger partial charge >= 0.3 is 0 Å². The molecule has 112 valence electrons. The number of thiocarbonyl (C=S) groups is 1. The molecule has 0 saturated heterocycles. The number of nitrogens with zero attached hydrogens (tertiary/aromatic N) is 1. The Bertz CT molecular complexity index is 758. The van der Waals surface area contributed by atoms with Gasteiger partial charge in [-0.05, 0) is 25.5 Å². The number of rotatable bonds is 5. The van der Waals surface area contributed by atoms with Crippen LogP contribution in [-0.4, -0.2) is 15.8 Å². The van der Waals surface area contributed by atoms with E-state index in [9.17, 15) is 4.79 Å². The minimum atomic E-state index is -0.0849. The lowest BCUT2D eigenvalue weighted by Gasteiger charge is -1.95. The van der Waals surface area contributed by atoms with Crippen LogP contribution in [0, 0.1) is 6.92 Å². The first-order valence-electron chi connectivity index (χ1n) is 6.70. The van der Waals surface area contributed by atoms with Gasteiger partial charge in [0.15, 0.2) is 10.8 Å². The Balaban J connectivity index is 2.14. The second-order valence-corrected chi connectivity index (χ2v) is 6.23. The predicted molar refractivity (Wildman–Crippen MR) is 96.3 cm³/mol. The third-order valence-electron chi connectivity index (χ3n) is 2.92. The largest absolute Gasteiger partial charge is 0.387 e. The van der Waals surface area contributed by atoms with Crippen molar-refractivity contribution in [2.75, 3.05) is 0 Å². The molecule has 0 atom stereocenters. The van der Waals surface area contributed by atoms with E-state index in [1.807, 2.05) is 43.3 Å². The van der Waals surface area contributed by atoms with Crippen LogP contribution in [0.1, 0.15) is 32.9 Å². The van der Waals surface area contributed by atoms with Crippen molar-refractivity contribution in [1.82, 2.24) is 4.98 Å². The van der Waals surface area contributed by atoms with Crippen LogP contribution >= 0.6 is 23.6 Å². The van der Waals surface area contributed by atoms with Crippen molar-refractivity contribution in [3.63, 3.8) is 0 Å². The number of thiazole rings is 1. The van der Waals surface area contributed by atoms with Crippen molar-refractivity contribution in [3.05, 3.63) is 69.2 Å². The van der Waals surface area contributed by atoms with E-state index in [4.69, 9.17) is 18.0 Å². The Hall–Kier alpha value is -2.11. The van der Waals surface area contributed by atoms with Crippen LogP contribution in [0.4, 0.5) is 0 Å². The maximum Gasteiger partial charge on any atom is 0.197 e. The fourth-order valence-electron chi connectivity index (χ4n) is 1.87. The number of allylic oxidation sites excluding steroid dienone is 3. The summed E-state index contributed by atoms with van der Waals surface area (Å²) in [6, 6.07) is 9.96. The molecule has 0 aliphatic carbocycles. The highest BCUT2D eigenvalue weighted by Crippen LogP contribution is 2.19. The van der Waals surface area contributed by atoms with Gasteiger partial charge in [-0.2, -0.15) is 0 Å². The second kappa shape index (κ2) is 7.24. The van der Waals surface area contributed by atoms with E-state index in [-0.39, 0.29) is 10.8 Å². The number of ketones is 1. The average molecular weight is 328 g/mol. The van der Waals surface area contributed by atoms with E-state index in [1.54, 1.807) is 19.1 Å². The van der Waals surface area contributed by atoms with E-state index < -0.39 is 0 Å². The highest BCUT2D eigenvalue weighted by atomic mass is 32.1. The summed E-state index contributed by atoms with van der Waals surface area (Å²) in [6.45, 7) is 3.74. The monoisotopic (exact) mass is 328 g/mol. The van der Waals surface area contributed by atoms with Crippen molar-refractivity contribution in [2.24, 2.45) is 5.73 Å². The molecule has 0 aliphatic heterocycles. The van der Waals surface area contributed by atoms with Gasteiger partial charge < -0.3 is 5.73 Å². The number of carbonyl (C=O) groups excluding carboxylic acids is 1. The number of aromatic nitrogens is 1. The predicted octanol–water partition coefficient (Wildman–Crippen LogP) is 3.93. The minimum absolute atomic E-state index is 0.0849. The molecule has 0 bridgehead atoms. The summed E-state index contributed by atoms with van der Waals surface area (Å²) in [5, 5.41) is 0.529. The Morgan fingerprint density at radius 2 is 1.95 bits per heavy atom. The van der Waals surface area contributed by atoms with Crippen LogP contribution in [0.15, 0.2) is 48.1 Å². The average Bonchev–Trinajstić information content (AvgIpc) is 2.88. The van der Waals surface area contributed by atoms with Crippen LogP contribution in [-0.2, 0) is 0 Å². The Morgan fingerprint density at radius 3 is 2.55 bits per heavy atom. The zero-order chi connectivity index (χ0) is 16.1. The van der Waals surface area contributed by atoms with Gasteiger partial charge in [0, 0.05) is 0 Å². The number of nitrogens with two attached hydrogens (primary N) is 1. The summed E-state index contributed by atoms with van der Waals surface area (Å²) in [6.07, 6.45) is 5.37. The molecule has 0 fully saturated rings. The molecule has 1 aromatic heterocycles. The van der Waals surface area contributed by atoms with Gasteiger partial charge in [-0.25, -0.2) is 4.98 Å². The Kier molecular flexibility index (Phi) is 5.35. The highest BCUT2D eigenvalue weighted by molar-refractivity contribution is 7.81. The zero-order valence-corrected chi connectivity index (χ0v) is 14.0. The number of hydrogen-bond acceptors (Lipinski definition) is 4. The van der Waals surface area contributed by atoms with Crippen LogP contribution in [0.25, 0.3) is 6.08 Å². The van der Waals surface area contributed by atoms with E-state index in [1.165, 1.54) is 11.3 Å². The smallest absolute Gasteiger partial charge is 0.197 e. The molecule has 0 unspecified atom stereocenters. The van der Waals surface area contributed by atoms with Crippen LogP contribution in [0.2, 0.25) is 0 Å². The maximum absolute atomic E-state index is 12.2. The molecule has 2 N–H and O–H groups in total. The molecule has 0 aliphatic rings. The third kappa shape index (κ3) is 4.19. The van der Waals surface area contributed by atoms with Gasteiger partial charge in [-0.3, -0.25) is 4.79 Å². The van der Waals surface area contributed by atoms with Crippen molar-refractivity contribution in [1.29, 1.82) is 0 Å². The molecular formula is C17H16N2OS2. The highest BCUT2D eigenvalue weighted by Gasteiger charge is 2.14. The number of hydrogen-bond donors (Lipinski definition) is 1. The van der Waals surface area contributed by atoms with Crippen LogP contribution < -0.4 is 5.73 Å². The van der Waals surface area contributed by atoms with Crippen molar-refractivity contribution in [2.45, 2.75) is 13.8 Å². The molecule has 0 amide bonds. The molecule has 0 spiro atoms. The fourth-order valence-corrected chi connectivity index (χ4v) is 2.88. The van der Waals surface area contributed by atoms with Crippen molar-refractivity contribution >= 4 is 40.4 Å². The first-order valence-corrected chi connectivity index (χ1v) is 7.93. The molecule has 0 saturated carbocycles. The maximum atomic E-state index is 12.2. The molecule has 0 radical (unpaired) electrons. The Labute approximate surface area is 139 Å².